The Kier molecular flexibility index (Phi) is 7.71. The van der Waals surface area contributed by atoms with E-state index >= 15 is 0 Å². The van der Waals surface area contributed by atoms with Gasteiger partial charge in [-0.2, -0.15) is 0 Å². The van der Waals surface area contributed by atoms with Gasteiger partial charge in [-0.05, 0) is 67.1 Å². The molecule has 0 spiro atoms. The number of Topliss-reactive ketones (excluding diaryl/α,β-unsaturated/α-hetero) is 1. The molecule has 0 bridgehead atoms. The quantitative estimate of drug-likeness (QED) is 0.160. The number of anilines is 1. The van der Waals surface area contributed by atoms with E-state index in [1.165, 1.54) is 37.6 Å². The number of aliphatic hydroxyl groups excluding tert-OH is 1. The van der Waals surface area contributed by atoms with Gasteiger partial charge in [-0.3, -0.25) is 14.5 Å². The third-order valence-electron chi connectivity index (χ3n) is 6.68. The predicted molar refractivity (Wildman–Crippen MR) is 155 cm³/mol. The molecule has 11 heteroatoms. The Morgan fingerprint density at radius 1 is 0.902 bits per heavy atom. The Bertz CT molecular complexity index is 1640. The number of amides is 1. The summed E-state index contributed by atoms with van der Waals surface area (Å²) in [6.45, 7) is 2.34. The molecule has 2 heterocycles. The van der Waals surface area contributed by atoms with Crippen LogP contribution in [0.4, 0.5) is 5.13 Å². The monoisotopic (exact) mass is 576 g/mol. The molecule has 212 valence electrons. The van der Waals surface area contributed by atoms with Crippen LogP contribution in [0.5, 0.6) is 28.7 Å². The number of aromatic nitrogens is 1. The summed E-state index contributed by atoms with van der Waals surface area (Å²) in [4.78, 5) is 33.3. The van der Waals surface area contributed by atoms with Crippen molar-refractivity contribution in [2.45, 2.75) is 13.0 Å². The van der Waals surface area contributed by atoms with Gasteiger partial charge in [0.15, 0.2) is 16.6 Å². The van der Waals surface area contributed by atoms with Crippen LogP contribution in [-0.2, 0) is 9.59 Å². The minimum absolute atomic E-state index is 0.106. The van der Waals surface area contributed by atoms with Crippen LogP contribution in [0.2, 0.25) is 0 Å². The highest BCUT2D eigenvalue weighted by Gasteiger charge is 2.48. The summed E-state index contributed by atoms with van der Waals surface area (Å²) in [5, 5.41) is 11.8. The minimum atomic E-state index is -1.06. The third kappa shape index (κ3) is 4.89. The topological polar surface area (TPSA) is 117 Å². The van der Waals surface area contributed by atoms with Gasteiger partial charge >= 0.3 is 5.91 Å². The molecule has 1 saturated heterocycles. The average molecular weight is 577 g/mol. The minimum Gasteiger partial charge on any atom is -0.507 e. The van der Waals surface area contributed by atoms with Crippen molar-refractivity contribution < 1.29 is 38.4 Å². The molecule has 1 aliphatic rings. The first-order chi connectivity index (χ1) is 19.8. The van der Waals surface area contributed by atoms with Crippen LogP contribution >= 0.6 is 11.3 Å². The highest BCUT2D eigenvalue weighted by atomic mass is 32.1. The molecular weight excluding hydrogens is 548 g/mol. The van der Waals surface area contributed by atoms with Crippen LogP contribution in [-0.4, -0.2) is 56.8 Å². The molecule has 0 aliphatic carbocycles. The van der Waals surface area contributed by atoms with E-state index in [1.54, 1.807) is 55.6 Å². The number of nitrogens with zero attached hydrogens (tertiary/aromatic N) is 2. The third-order valence-corrected chi connectivity index (χ3v) is 7.69. The van der Waals surface area contributed by atoms with Crippen molar-refractivity contribution in [2.75, 3.05) is 39.9 Å². The van der Waals surface area contributed by atoms with Crippen LogP contribution in [0.1, 0.15) is 24.1 Å². The molecule has 0 saturated carbocycles. The number of ether oxygens (including phenoxy) is 5. The number of hydrogen-bond acceptors (Lipinski definition) is 10. The second-order valence-electron chi connectivity index (χ2n) is 8.92. The molecule has 1 amide bonds. The lowest BCUT2D eigenvalue weighted by molar-refractivity contribution is -0.132. The predicted octanol–water partition coefficient (Wildman–Crippen LogP) is 5.36. The molecule has 1 atom stereocenters. The van der Waals surface area contributed by atoms with Gasteiger partial charge in [0.05, 0.1) is 56.9 Å². The summed E-state index contributed by atoms with van der Waals surface area (Å²) in [5.41, 5.74) is 1.31. The van der Waals surface area contributed by atoms with E-state index in [-0.39, 0.29) is 16.5 Å². The SMILES string of the molecule is CCOc1ccc(/C(O)=C2\C(=O)C(=O)N(c3nc4ccc(OC)cc4s3)[C@H]2c2cc(OC)c(OC)c(OC)c2)cc1. The number of ketones is 1. The molecule has 0 radical (unpaired) electrons. The smallest absolute Gasteiger partial charge is 0.301 e. The van der Waals surface area contributed by atoms with Crippen molar-refractivity contribution >= 4 is 44.1 Å². The van der Waals surface area contributed by atoms with E-state index in [0.29, 0.717) is 52.0 Å². The second kappa shape index (κ2) is 11.4. The fourth-order valence-corrected chi connectivity index (χ4v) is 5.78. The number of carbonyl (C=O) groups is 2. The zero-order chi connectivity index (χ0) is 29.3. The number of hydrogen-bond donors (Lipinski definition) is 1. The summed E-state index contributed by atoms with van der Waals surface area (Å²) < 4.78 is 28.2. The zero-order valence-electron chi connectivity index (χ0n) is 23.1. The maximum absolute atomic E-state index is 13.7. The largest absolute Gasteiger partial charge is 0.507 e. The number of thiazole rings is 1. The molecule has 41 heavy (non-hydrogen) atoms. The van der Waals surface area contributed by atoms with E-state index in [4.69, 9.17) is 23.7 Å². The first kappa shape index (κ1) is 27.8. The molecule has 4 aromatic rings. The van der Waals surface area contributed by atoms with E-state index in [0.717, 1.165) is 4.70 Å². The van der Waals surface area contributed by atoms with E-state index < -0.39 is 17.7 Å². The van der Waals surface area contributed by atoms with E-state index in [2.05, 4.69) is 4.98 Å². The van der Waals surface area contributed by atoms with Crippen molar-refractivity contribution in [1.29, 1.82) is 0 Å². The number of methoxy groups -OCH3 is 4. The molecule has 1 aliphatic heterocycles. The van der Waals surface area contributed by atoms with Crippen LogP contribution < -0.4 is 28.6 Å². The highest BCUT2D eigenvalue weighted by Crippen LogP contribution is 2.48. The lowest BCUT2D eigenvalue weighted by Gasteiger charge is -2.24. The first-order valence-corrected chi connectivity index (χ1v) is 13.5. The van der Waals surface area contributed by atoms with Gasteiger partial charge < -0.3 is 28.8 Å². The van der Waals surface area contributed by atoms with Gasteiger partial charge in [0.25, 0.3) is 5.78 Å². The molecule has 10 nitrogen and oxygen atoms in total. The number of benzene rings is 3. The van der Waals surface area contributed by atoms with Crippen molar-refractivity contribution in [3.8, 4) is 28.7 Å². The van der Waals surface area contributed by atoms with Crippen molar-refractivity contribution in [3.63, 3.8) is 0 Å². The highest BCUT2D eigenvalue weighted by molar-refractivity contribution is 7.22. The maximum Gasteiger partial charge on any atom is 0.301 e. The van der Waals surface area contributed by atoms with Gasteiger partial charge in [0, 0.05) is 5.56 Å². The van der Waals surface area contributed by atoms with Gasteiger partial charge in [0.2, 0.25) is 5.75 Å². The maximum atomic E-state index is 13.7. The lowest BCUT2D eigenvalue weighted by Crippen LogP contribution is -2.29. The molecule has 1 N–H and O–H groups in total. The summed E-state index contributed by atoms with van der Waals surface area (Å²) in [5.74, 6) is 0.200. The summed E-state index contributed by atoms with van der Waals surface area (Å²) in [7, 11) is 5.98. The van der Waals surface area contributed by atoms with Crippen LogP contribution in [0.15, 0.2) is 60.2 Å². The van der Waals surface area contributed by atoms with Crippen molar-refractivity contribution in [3.05, 3.63) is 71.3 Å². The summed E-state index contributed by atoms with van der Waals surface area (Å²) in [6.07, 6.45) is 0. The van der Waals surface area contributed by atoms with Crippen LogP contribution in [0, 0.1) is 0 Å². The molecular formula is C30H28N2O8S. The van der Waals surface area contributed by atoms with Gasteiger partial charge in [0.1, 0.15) is 17.3 Å². The Labute approximate surface area is 240 Å². The molecule has 0 unspecified atom stereocenters. The van der Waals surface area contributed by atoms with Gasteiger partial charge in [-0.25, -0.2) is 4.98 Å². The number of aliphatic hydroxyl groups is 1. The zero-order valence-corrected chi connectivity index (χ0v) is 23.9. The average Bonchev–Trinajstić information content (AvgIpc) is 3.53. The van der Waals surface area contributed by atoms with Crippen LogP contribution in [0.25, 0.3) is 16.0 Å². The fraction of sp³-hybridized carbons (Fsp3) is 0.233. The summed E-state index contributed by atoms with van der Waals surface area (Å²) in [6, 6.07) is 14.2. The second-order valence-corrected chi connectivity index (χ2v) is 9.92. The standard InChI is InChI=1S/C30H28N2O8S/c1-6-40-18-9-7-16(8-10-18)26(33)24-25(17-13-21(37-3)28(39-5)22(14-17)38-4)32(29(35)27(24)34)30-31-20-12-11-19(36-2)15-23(20)41-30/h7-15,25,33H,6H2,1-5H3/b26-24+/t25-/m0/s1. The number of fused-ring (bicyclic) bond motifs is 1. The molecule has 5 rings (SSSR count). The van der Waals surface area contributed by atoms with Gasteiger partial charge in [-0.15, -0.1) is 0 Å². The van der Waals surface area contributed by atoms with Crippen molar-refractivity contribution in [1.82, 2.24) is 4.98 Å². The lowest BCUT2D eigenvalue weighted by atomic mass is 9.94. The normalized spacial score (nSPS) is 16.2. The van der Waals surface area contributed by atoms with E-state index in [9.17, 15) is 14.7 Å². The summed E-state index contributed by atoms with van der Waals surface area (Å²) >= 11 is 1.23. The van der Waals surface area contributed by atoms with Gasteiger partial charge in [-0.1, -0.05) is 11.3 Å². The fourth-order valence-electron chi connectivity index (χ4n) is 4.76. The molecule has 3 aromatic carbocycles. The Morgan fingerprint density at radius 2 is 1.56 bits per heavy atom. The molecule has 1 aromatic heterocycles. The Morgan fingerprint density at radius 3 is 2.15 bits per heavy atom. The Hall–Kier alpha value is -4.77. The first-order valence-electron chi connectivity index (χ1n) is 12.6. The van der Waals surface area contributed by atoms with Crippen LogP contribution in [0.3, 0.4) is 0 Å². The van der Waals surface area contributed by atoms with E-state index in [1.807, 2.05) is 13.0 Å². The number of carbonyl (C=O) groups excluding carboxylic acids is 2. The van der Waals surface area contributed by atoms with Crippen molar-refractivity contribution in [2.24, 2.45) is 0 Å². The molecule has 1 fully saturated rings. The Balaban J connectivity index is 1.74. The number of rotatable bonds is 9.